The Morgan fingerprint density at radius 2 is 1.63 bits per heavy atom. The molecular formula is C20H17ClN2O3S. The second kappa shape index (κ2) is 7.82. The van der Waals surface area contributed by atoms with Gasteiger partial charge in [0.15, 0.2) is 0 Å². The Kier molecular flexibility index (Phi) is 5.48. The van der Waals surface area contributed by atoms with Gasteiger partial charge in [0, 0.05) is 16.3 Å². The van der Waals surface area contributed by atoms with E-state index in [2.05, 4.69) is 10.0 Å². The second-order valence-electron chi connectivity index (χ2n) is 5.92. The number of amides is 1. The highest BCUT2D eigenvalue weighted by Crippen LogP contribution is 2.24. The van der Waals surface area contributed by atoms with Gasteiger partial charge in [0.05, 0.1) is 10.6 Å². The van der Waals surface area contributed by atoms with E-state index in [1.165, 1.54) is 12.1 Å². The van der Waals surface area contributed by atoms with Crippen LogP contribution in [0.15, 0.2) is 77.7 Å². The Bertz CT molecular complexity index is 1080. The van der Waals surface area contributed by atoms with E-state index in [4.69, 9.17) is 11.6 Å². The molecule has 0 atom stereocenters. The molecule has 7 heteroatoms. The molecule has 0 radical (unpaired) electrons. The zero-order valence-electron chi connectivity index (χ0n) is 14.4. The first kappa shape index (κ1) is 18.9. The van der Waals surface area contributed by atoms with Crippen LogP contribution < -0.4 is 10.0 Å². The number of rotatable bonds is 5. The van der Waals surface area contributed by atoms with Crippen LogP contribution in [-0.4, -0.2) is 14.3 Å². The van der Waals surface area contributed by atoms with Crippen LogP contribution in [0.3, 0.4) is 0 Å². The van der Waals surface area contributed by atoms with Gasteiger partial charge < -0.3 is 5.32 Å². The van der Waals surface area contributed by atoms with Crippen molar-refractivity contribution in [1.82, 2.24) is 0 Å². The average molecular weight is 401 g/mol. The highest BCUT2D eigenvalue weighted by molar-refractivity contribution is 7.92. The molecular weight excluding hydrogens is 384 g/mol. The molecule has 0 aliphatic carbocycles. The lowest BCUT2D eigenvalue weighted by Gasteiger charge is -2.13. The van der Waals surface area contributed by atoms with Gasteiger partial charge in [-0.1, -0.05) is 41.9 Å². The summed E-state index contributed by atoms with van der Waals surface area (Å²) in [4.78, 5) is 12.4. The molecule has 5 nitrogen and oxygen atoms in total. The van der Waals surface area contributed by atoms with E-state index < -0.39 is 10.0 Å². The maximum Gasteiger partial charge on any atom is 0.262 e. The summed E-state index contributed by atoms with van der Waals surface area (Å²) in [6, 6.07) is 19.9. The van der Waals surface area contributed by atoms with E-state index in [0.29, 0.717) is 27.5 Å². The number of carbonyl (C=O) groups excluding carboxylic acids is 1. The van der Waals surface area contributed by atoms with Gasteiger partial charge >= 0.3 is 0 Å². The normalized spacial score (nSPS) is 11.0. The largest absolute Gasteiger partial charge is 0.322 e. The van der Waals surface area contributed by atoms with Gasteiger partial charge in [-0.2, -0.15) is 0 Å². The number of aryl methyl sites for hydroxylation is 1. The summed E-state index contributed by atoms with van der Waals surface area (Å²) < 4.78 is 28.1. The summed E-state index contributed by atoms with van der Waals surface area (Å²) >= 11 is 5.91. The molecule has 0 unspecified atom stereocenters. The minimum Gasteiger partial charge on any atom is -0.322 e. The quantitative estimate of drug-likeness (QED) is 0.651. The van der Waals surface area contributed by atoms with Crippen LogP contribution in [0.5, 0.6) is 0 Å². The molecule has 0 aliphatic heterocycles. The molecule has 0 aliphatic rings. The third-order valence-corrected chi connectivity index (χ3v) is 5.61. The van der Waals surface area contributed by atoms with Gasteiger partial charge in [0.25, 0.3) is 15.9 Å². The van der Waals surface area contributed by atoms with E-state index in [-0.39, 0.29) is 10.8 Å². The zero-order chi connectivity index (χ0) is 19.4. The van der Waals surface area contributed by atoms with Crippen molar-refractivity contribution >= 4 is 38.9 Å². The van der Waals surface area contributed by atoms with Crippen LogP contribution >= 0.6 is 11.6 Å². The summed E-state index contributed by atoms with van der Waals surface area (Å²) in [7, 11) is -3.84. The Morgan fingerprint density at radius 3 is 2.33 bits per heavy atom. The number of halogens is 1. The van der Waals surface area contributed by atoms with Gasteiger partial charge in [0.2, 0.25) is 0 Å². The number of hydrogen-bond donors (Lipinski definition) is 2. The summed E-state index contributed by atoms with van der Waals surface area (Å²) in [5.74, 6) is -0.314. The standard InChI is InChI=1S/C20H17ClN2O3S/c1-14-10-11-17(22-20(24)15-6-3-2-4-7-15)13-19(14)27(25,26)23-18-9-5-8-16(21)12-18/h2-13,23H,1H3,(H,22,24). The fourth-order valence-electron chi connectivity index (χ4n) is 2.52. The number of hydrogen-bond acceptors (Lipinski definition) is 3. The van der Waals surface area contributed by atoms with E-state index in [0.717, 1.165) is 0 Å². The van der Waals surface area contributed by atoms with E-state index >= 15 is 0 Å². The molecule has 2 N–H and O–H groups in total. The lowest BCUT2D eigenvalue weighted by atomic mass is 10.2. The monoisotopic (exact) mass is 400 g/mol. The Labute approximate surface area is 163 Å². The Hall–Kier alpha value is -2.83. The minimum atomic E-state index is -3.84. The second-order valence-corrected chi connectivity index (χ2v) is 8.00. The topological polar surface area (TPSA) is 75.3 Å². The van der Waals surface area contributed by atoms with Crippen molar-refractivity contribution in [3.8, 4) is 0 Å². The zero-order valence-corrected chi connectivity index (χ0v) is 16.0. The highest BCUT2D eigenvalue weighted by atomic mass is 35.5. The minimum absolute atomic E-state index is 0.0772. The van der Waals surface area contributed by atoms with Gasteiger partial charge in [-0.05, 0) is 55.0 Å². The number of sulfonamides is 1. The summed E-state index contributed by atoms with van der Waals surface area (Å²) in [6.07, 6.45) is 0. The maximum absolute atomic E-state index is 12.8. The van der Waals surface area contributed by atoms with E-state index in [1.54, 1.807) is 61.5 Å². The van der Waals surface area contributed by atoms with Crippen LogP contribution in [0.1, 0.15) is 15.9 Å². The van der Waals surface area contributed by atoms with Crippen molar-refractivity contribution in [3.63, 3.8) is 0 Å². The molecule has 3 aromatic carbocycles. The van der Waals surface area contributed by atoms with Crippen LogP contribution in [0.4, 0.5) is 11.4 Å². The Balaban J connectivity index is 1.87. The molecule has 0 aromatic heterocycles. The first-order valence-corrected chi connectivity index (χ1v) is 9.97. The first-order chi connectivity index (χ1) is 12.8. The number of benzene rings is 3. The van der Waals surface area contributed by atoms with Crippen molar-refractivity contribution in [2.45, 2.75) is 11.8 Å². The number of carbonyl (C=O) groups is 1. The van der Waals surface area contributed by atoms with Crippen LogP contribution in [0, 0.1) is 6.92 Å². The molecule has 0 spiro atoms. The molecule has 3 rings (SSSR count). The van der Waals surface area contributed by atoms with Crippen molar-refractivity contribution in [1.29, 1.82) is 0 Å². The van der Waals surface area contributed by atoms with Crippen molar-refractivity contribution in [3.05, 3.63) is 88.9 Å². The van der Waals surface area contributed by atoms with Gasteiger partial charge in [0.1, 0.15) is 0 Å². The molecule has 27 heavy (non-hydrogen) atoms. The Morgan fingerprint density at radius 1 is 0.889 bits per heavy atom. The average Bonchev–Trinajstić information content (AvgIpc) is 2.63. The molecule has 3 aromatic rings. The van der Waals surface area contributed by atoms with Crippen LogP contribution in [0.25, 0.3) is 0 Å². The summed E-state index contributed by atoms with van der Waals surface area (Å²) in [5, 5.41) is 3.15. The van der Waals surface area contributed by atoms with Gasteiger partial charge in [-0.3, -0.25) is 9.52 Å². The maximum atomic E-state index is 12.8. The fourth-order valence-corrected chi connectivity index (χ4v) is 4.03. The first-order valence-electron chi connectivity index (χ1n) is 8.10. The third-order valence-electron chi connectivity index (χ3n) is 3.85. The predicted octanol–water partition coefficient (Wildman–Crippen LogP) is 4.70. The molecule has 0 fully saturated rings. The van der Waals surface area contributed by atoms with Crippen molar-refractivity contribution in [2.75, 3.05) is 10.0 Å². The van der Waals surface area contributed by atoms with Crippen LogP contribution in [0.2, 0.25) is 5.02 Å². The smallest absolute Gasteiger partial charge is 0.262 e. The molecule has 138 valence electrons. The van der Waals surface area contributed by atoms with Gasteiger partial charge in [-0.15, -0.1) is 0 Å². The van der Waals surface area contributed by atoms with Gasteiger partial charge in [-0.25, -0.2) is 8.42 Å². The van der Waals surface area contributed by atoms with E-state index in [9.17, 15) is 13.2 Å². The lowest BCUT2D eigenvalue weighted by molar-refractivity contribution is 0.102. The molecule has 0 saturated heterocycles. The van der Waals surface area contributed by atoms with Crippen molar-refractivity contribution < 1.29 is 13.2 Å². The predicted molar refractivity (Wildman–Crippen MR) is 108 cm³/mol. The molecule has 0 bridgehead atoms. The molecule has 1 amide bonds. The summed E-state index contributed by atoms with van der Waals surface area (Å²) in [6.45, 7) is 1.69. The SMILES string of the molecule is Cc1ccc(NC(=O)c2ccccc2)cc1S(=O)(=O)Nc1cccc(Cl)c1. The number of anilines is 2. The van der Waals surface area contributed by atoms with Crippen molar-refractivity contribution in [2.24, 2.45) is 0 Å². The number of nitrogens with one attached hydrogen (secondary N) is 2. The summed E-state index contributed by atoms with van der Waals surface area (Å²) in [5.41, 5.74) is 1.79. The van der Waals surface area contributed by atoms with E-state index in [1.807, 2.05) is 6.07 Å². The highest BCUT2D eigenvalue weighted by Gasteiger charge is 2.18. The van der Waals surface area contributed by atoms with Crippen LogP contribution in [-0.2, 0) is 10.0 Å². The molecule has 0 heterocycles. The lowest BCUT2D eigenvalue weighted by Crippen LogP contribution is -2.16. The molecule has 0 saturated carbocycles. The fraction of sp³-hybridized carbons (Fsp3) is 0.0500. The third kappa shape index (κ3) is 4.67.